The highest BCUT2D eigenvalue weighted by Crippen LogP contribution is 2.34. The zero-order valence-electron chi connectivity index (χ0n) is 11.8. The zero-order valence-corrected chi connectivity index (χ0v) is 13.3. The molecular formula is C13H18Cl2N4O2. The predicted molar refractivity (Wildman–Crippen MR) is 85.5 cm³/mol. The summed E-state index contributed by atoms with van der Waals surface area (Å²) in [7, 11) is 2.12. The van der Waals surface area contributed by atoms with Crippen molar-refractivity contribution in [2.24, 2.45) is 0 Å². The molecule has 0 unspecified atom stereocenters. The van der Waals surface area contributed by atoms with Gasteiger partial charge in [0.25, 0.3) is 5.69 Å². The third-order valence-corrected chi connectivity index (χ3v) is 4.16. The van der Waals surface area contributed by atoms with E-state index in [4.69, 9.17) is 23.2 Å². The second-order valence-corrected chi connectivity index (χ2v) is 5.93. The minimum absolute atomic E-state index is 0.102. The first-order valence-electron chi connectivity index (χ1n) is 6.75. The minimum Gasteiger partial charge on any atom is -0.381 e. The van der Waals surface area contributed by atoms with Crippen LogP contribution in [0.5, 0.6) is 0 Å². The van der Waals surface area contributed by atoms with Crippen molar-refractivity contribution in [3.63, 3.8) is 0 Å². The van der Waals surface area contributed by atoms with Gasteiger partial charge in [-0.25, -0.2) is 0 Å². The molecule has 8 heteroatoms. The van der Waals surface area contributed by atoms with Gasteiger partial charge in [-0.3, -0.25) is 15.0 Å². The minimum atomic E-state index is -0.508. The molecule has 1 heterocycles. The molecule has 1 N–H and O–H groups in total. The van der Waals surface area contributed by atoms with Crippen LogP contribution >= 0.6 is 23.2 Å². The summed E-state index contributed by atoms with van der Waals surface area (Å²) in [5, 5.41) is 14.4. The van der Waals surface area contributed by atoms with Gasteiger partial charge < -0.3 is 10.2 Å². The third kappa shape index (κ3) is 4.44. The Hall–Kier alpha value is -1.08. The van der Waals surface area contributed by atoms with Crippen LogP contribution in [0, 0.1) is 10.1 Å². The van der Waals surface area contributed by atoms with Crippen molar-refractivity contribution in [3.05, 3.63) is 32.3 Å². The number of anilines is 1. The number of nitro benzene ring substituents is 1. The average Bonchev–Trinajstić information content (AvgIpc) is 2.43. The van der Waals surface area contributed by atoms with Gasteiger partial charge in [-0.2, -0.15) is 0 Å². The number of non-ortho nitro benzene ring substituents is 1. The largest absolute Gasteiger partial charge is 0.381 e. The van der Waals surface area contributed by atoms with Crippen molar-refractivity contribution in [1.82, 2.24) is 9.80 Å². The maximum absolute atomic E-state index is 10.7. The summed E-state index contributed by atoms with van der Waals surface area (Å²) in [6.45, 7) is 5.80. The molecule has 1 aliphatic heterocycles. The van der Waals surface area contributed by atoms with Gasteiger partial charge in [0.2, 0.25) is 0 Å². The summed E-state index contributed by atoms with van der Waals surface area (Å²) in [5.41, 5.74) is 0.452. The summed E-state index contributed by atoms with van der Waals surface area (Å²) in [4.78, 5) is 14.9. The van der Waals surface area contributed by atoms with Crippen LogP contribution in [0.25, 0.3) is 0 Å². The molecule has 6 nitrogen and oxygen atoms in total. The van der Waals surface area contributed by atoms with Gasteiger partial charge in [0.05, 0.1) is 20.7 Å². The number of nitrogens with one attached hydrogen (secondary N) is 1. The second kappa shape index (κ2) is 7.26. The number of nitrogens with zero attached hydrogens (tertiary/aromatic N) is 3. The zero-order chi connectivity index (χ0) is 15.4. The number of rotatable bonds is 5. The summed E-state index contributed by atoms with van der Waals surface area (Å²) in [5.74, 6) is 0. The Morgan fingerprint density at radius 1 is 1.24 bits per heavy atom. The van der Waals surface area contributed by atoms with Crippen LogP contribution in [0.3, 0.4) is 0 Å². The molecule has 1 saturated heterocycles. The van der Waals surface area contributed by atoms with Gasteiger partial charge >= 0.3 is 0 Å². The number of halogens is 2. The lowest BCUT2D eigenvalue weighted by molar-refractivity contribution is -0.384. The molecule has 116 valence electrons. The van der Waals surface area contributed by atoms with E-state index in [0.29, 0.717) is 12.2 Å². The molecule has 0 bridgehead atoms. The molecule has 0 radical (unpaired) electrons. The fourth-order valence-corrected chi connectivity index (χ4v) is 2.85. The highest BCUT2D eigenvalue weighted by molar-refractivity contribution is 6.39. The van der Waals surface area contributed by atoms with Gasteiger partial charge in [-0.15, -0.1) is 0 Å². The van der Waals surface area contributed by atoms with E-state index < -0.39 is 4.92 Å². The van der Waals surface area contributed by atoms with E-state index >= 15 is 0 Å². The fraction of sp³-hybridized carbons (Fsp3) is 0.538. The van der Waals surface area contributed by atoms with E-state index in [1.807, 2.05) is 0 Å². The maximum atomic E-state index is 10.7. The first-order valence-corrected chi connectivity index (χ1v) is 7.51. The Kier molecular flexibility index (Phi) is 5.64. The third-order valence-electron chi connectivity index (χ3n) is 3.56. The van der Waals surface area contributed by atoms with E-state index in [9.17, 15) is 10.1 Å². The summed E-state index contributed by atoms with van der Waals surface area (Å²) in [6, 6.07) is 2.62. The van der Waals surface area contributed by atoms with Crippen molar-refractivity contribution in [2.45, 2.75) is 0 Å². The topological polar surface area (TPSA) is 61.6 Å². The van der Waals surface area contributed by atoms with E-state index in [-0.39, 0.29) is 15.7 Å². The van der Waals surface area contributed by atoms with Gasteiger partial charge in [0.15, 0.2) is 0 Å². The number of benzene rings is 1. The number of nitro groups is 1. The van der Waals surface area contributed by atoms with Crippen molar-refractivity contribution < 1.29 is 4.92 Å². The molecule has 1 aliphatic rings. The monoisotopic (exact) mass is 332 g/mol. The van der Waals surface area contributed by atoms with Crippen LogP contribution in [0.2, 0.25) is 10.0 Å². The maximum Gasteiger partial charge on any atom is 0.272 e. The molecule has 1 aromatic carbocycles. The first-order chi connectivity index (χ1) is 9.97. The summed E-state index contributed by atoms with van der Waals surface area (Å²) >= 11 is 12.1. The van der Waals surface area contributed by atoms with Crippen molar-refractivity contribution in [1.29, 1.82) is 0 Å². The Balaban J connectivity index is 1.90. The van der Waals surface area contributed by atoms with Crippen LogP contribution in [0.4, 0.5) is 11.4 Å². The van der Waals surface area contributed by atoms with E-state index in [0.717, 1.165) is 32.7 Å². The lowest BCUT2D eigenvalue weighted by atomic mass is 10.2. The molecule has 0 atom stereocenters. The molecular weight excluding hydrogens is 315 g/mol. The molecule has 0 saturated carbocycles. The second-order valence-electron chi connectivity index (χ2n) is 5.11. The first kappa shape index (κ1) is 16.3. The number of hydrogen-bond donors (Lipinski definition) is 1. The Morgan fingerprint density at radius 2 is 1.81 bits per heavy atom. The summed E-state index contributed by atoms with van der Waals surface area (Å²) in [6.07, 6.45) is 0. The smallest absolute Gasteiger partial charge is 0.272 e. The predicted octanol–water partition coefficient (Wildman–Crippen LogP) is 2.56. The lowest BCUT2D eigenvalue weighted by Gasteiger charge is -2.32. The SMILES string of the molecule is CN1CCN(CCNc2c(Cl)cc([N+](=O)[O-])cc2Cl)CC1. The van der Waals surface area contributed by atoms with Crippen molar-refractivity contribution in [3.8, 4) is 0 Å². The summed E-state index contributed by atoms with van der Waals surface area (Å²) < 4.78 is 0. The van der Waals surface area contributed by atoms with Crippen LogP contribution in [-0.4, -0.2) is 61.0 Å². The average molecular weight is 333 g/mol. The molecule has 2 rings (SSSR count). The van der Waals surface area contributed by atoms with E-state index in [2.05, 4.69) is 22.2 Å². The lowest BCUT2D eigenvalue weighted by Crippen LogP contribution is -2.45. The Bertz CT molecular complexity index is 496. The van der Waals surface area contributed by atoms with Crippen LogP contribution in [0.1, 0.15) is 0 Å². The highest BCUT2D eigenvalue weighted by Gasteiger charge is 2.16. The Morgan fingerprint density at radius 3 is 2.33 bits per heavy atom. The molecule has 1 aromatic rings. The van der Waals surface area contributed by atoms with Gasteiger partial charge in [0, 0.05) is 51.4 Å². The quantitative estimate of drug-likeness (QED) is 0.663. The molecule has 0 aromatic heterocycles. The molecule has 21 heavy (non-hydrogen) atoms. The van der Waals surface area contributed by atoms with Crippen LogP contribution in [0.15, 0.2) is 12.1 Å². The van der Waals surface area contributed by atoms with Crippen LogP contribution < -0.4 is 5.32 Å². The number of hydrogen-bond acceptors (Lipinski definition) is 5. The molecule has 0 spiro atoms. The Labute approximate surface area is 133 Å². The normalized spacial score (nSPS) is 16.9. The molecule has 1 fully saturated rings. The van der Waals surface area contributed by atoms with Crippen LogP contribution in [-0.2, 0) is 0 Å². The highest BCUT2D eigenvalue weighted by atomic mass is 35.5. The van der Waals surface area contributed by atoms with Crippen molar-refractivity contribution in [2.75, 3.05) is 51.6 Å². The number of piperazine rings is 1. The van der Waals surface area contributed by atoms with E-state index in [1.54, 1.807) is 0 Å². The van der Waals surface area contributed by atoms with Gasteiger partial charge in [-0.1, -0.05) is 23.2 Å². The number of likely N-dealkylation sites (N-methyl/N-ethyl adjacent to an activating group) is 1. The molecule has 0 amide bonds. The van der Waals surface area contributed by atoms with Crippen molar-refractivity contribution >= 4 is 34.6 Å². The standard InChI is InChI=1S/C13H18Cl2N4O2/c1-17-4-6-18(7-5-17)3-2-16-13-11(14)8-10(19(20)21)9-12(13)15/h8-9,16H,2-7H2,1H3. The van der Waals surface area contributed by atoms with E-state index in [1.165, 1.54) is 12.1 Å². The van der Waals surface area contributed by atoms with Gasteiger partial charge in [-0.05, 0) is 7.05 Å². The molecule has 0 aliphatic carbocycles. The van der Waals surface area contributed by atoms with Gasteiger partial charge in [0.1, 0.15) is 0 Å². The fourth-order valence-electron chi connectivity index (χ4n) is 2.24.